The van der Waals surface area contributed by atoms with Crippen molar-refractivity contribution in [3.05, 3.63) is 119 Å². The maximum atomic E-state index is 2.55. The summed E-state index contributed by atoms with van der Waals surface area (Å²) in [5, 5.41) is 5.42. The fourth-order valence-electron chi connectivity index (χ4n) is 7.65. The molecule has 0 saturated heterocycles. The Morgan fingerprint density at radius 2 is 0.854 bits per heavy atom. The Labute approximate surface area is 292 Å². The monoisotopic (exact) mass is 688 g/mol. The van der Waals surface area contributed by atoms with Crippen LogP contribution in [-0.2, 0) is 0 Å². The van der Waals surface area contributed by atoms with Crippen LogP contribution in [0.25, 0.3) is 92.6 Å². The predicted octanol–water partition coefficient (Wildman–Crippen LogP) is 14.0. The third-order valence-corrected chi connectivity index (χ3v) is 15.0. The van der Waals surface area contributed by atoms with E-state index in [0.717, 1.165) is 0 Å². The van der Waals surface area contributed by atoms with E-state index in [-0.39, 0.29) is 0 Å². The Bertz CT molecular complexity index is 3130. The zero-order valence-electron chi connectivity index (χ0n) is 26.8. The van der Waals surface area contributed by atoms with Gasteiger partial charge in [-0.2, -0.15) is 0 Å². The van der Waals surface area contributed by atoms with Crippen LogP contribution in [0.4, 0.5) is 0 Å². The van der Waals surface area contributed by atoms with Crippen molar-refractivity contribution in [3.63, 3.8) is 0 Å². The van der Waals surface area contributed by atoms with Gasteiger partial charge in [-0.25, -0.2) is 0 Å². The molecule has 11 rings (SSSR count). The number of hydrogen-bond acceptors (Lipinski definition) is 4. The minimum atomic E-state index is 1.23. The molecule has 6 heteroatoms. The highest BCUT2D eigenvalue weighted by Gasteiger charge is 2.25. The molecule has 0 atom stereocenters. The standard InChI is InChI=1S/C42H28N2S4/c1-21-5-11-25(12-6-21)43-31-17-23(3)9-15-27(31)38-37(43)42-39(48-38)30-20-33-29(19-34(30)47-42)36-41(46-33)40-35(28-16-10-24(4)18-32(28)45-40)44(36)26-13-7-22(2)8-14-26/h5-20H,1-4H3. The largest absolute Gasteiger partial charge is 0.307 e. The molecule has 6 heterocycles. The first-order chi connectivity index (χ1) is 23.4. The first kappa shape index (κ1) is 27.5. The fourth-order valence-corrected chi connectivity index (χ4v) is 13.1. The molecule has 48 heavy (non-hydrogen) atoms. The van der Waals surface area contributed by atoms with Gasteiger partial charge in [0.15, 0.2) is 0 Å². The Balaban J connectivity index is 1.25. The first-order valence-electron chi connectivity index (χ1n) is 16.2. The van der Waals surface area contributed by atoms with Crippen LogP contribution in [0.1, 0.15) is 22.3 Å². The average molecular weight is 689 g/mol. The molecule has 0 aliphatic carbocycles. The second-order valence-corrected chi connectivity index (χ2v) is 17.5. The van der Waals surface area contributed by atoms with Crippen LogP contribution in [0.5, 0.6) is 0 Å². The van der Waals surface area contributed by atoms with Crippen molar-refractivity contribution in [1.82, 2.24) is 9.13 Å². The lowest BCUT2D eigenvalue weighted by Crippen LogP contribution is -1.93. The van der Waals surface area contributed by atoms with Crippen molar-refractivity contribution >= 4 is 127 Å². The van der Waals surface area contributed by atoms with Crippen LogP contribution in [0, 0.1) is 27.7 Å². The molecule has 230 valence electrons. The number of fused-ring (bicyclic) bond motifs is 14. The second-order valence-electron chi connectivity index (χ2n) is 13.3. The van der Waals surface area contributed by atoms with Gasteiger partial charge in [0, 0.05) is 47.0 Å². The highest BCUT2D eigenvalue weighted by atomic mass is 32.1. The van der Waals surface area contributed by atoms with E-state index >= 15 is 0 Å². The molecule has 2 nitrogen and oxygen atoms in total. The summed E-state index contributed by atoms with van der Waals surface area (Å²) in [5.41, 5.74) is 12.9. The number of thiophene rings is 4. The maximum absolute atomic E-state index is 2.55. The summed E-state index contributed by atoms with van der Waals surface area (Å²) >= 11 is 7.84. The molecular formula is C42H28N2S4. The van der Waals surface area contributed by atoms with Crippen molar-refractivity contribution in [2.45, 2.75) is 27.7 Å². The average Bonchev–Trinajstić information content (AvgIpc) is 3.89. The van der Waals surface area contributed by atoms with Gasteiger partial charge in [-0.1, -0.05) is 59.7 Å². The van der Waals surface area contributed by atoms with Gasteiger partial charge in [-0.15, -0.1) is 45.3 Å². The summed E-state index contributed by atoms with van der Waals surface area (Å²) in [6.07, 6.45) is 0. The molecule has 0 N–H and O–H groups in total. The minimum Gasteiger partial charge on any atom is -0.307 e. The van der Waals surface area contributed by atoms with E-state index in [1.165, 1.54) is 115 Å². The Morgan fingerprint density at radius 3 is 1.54 bits per heavy atom. The molecule has 0 radical (unpaired) electrons. The van der Waals surface area contributed by atoms with Crippen LogP contribution < -0.4 is 0 Å². The molecular weight excluding hydrogens is 661 g/mol. The third-order valence-electron chi connectivity index (χ3n) is 9.98. The van der Waals surface area contributed by atoms with Gasteiger partial charge in [0.1, 0.15) is 0 Å². The first-order valence-corrected chi connectivity index (χ1v) is 19.5. The van der Waals surface area contributed by atoms with Crippen molar-refractivity contribution in [3.8, 4) is 11.4 Å². The molecule has 0 spiro atoms. The summed E-state index contributed by atoms with van der Waals surface area (Å²) in [7, 11) is 0. The number of hydrogen-bond donors (Lipinski definition) is 0. The van der Waals surface area contributed by atoms with E-state index in [0.29, 0.717) is 0 Å². The van der Waals surface area contributed by atoms with Crippen LogP contribution >= 0.6 is 45.3 Å². The second kappa shape index (κ2) is 9.58. The van der Waals surface area contributed by atoms with E-state index in [2.05, 4.69) is 134 Å². The molecule has 6 aromatic heterocycles. The van der Waals surface area contributed by atoms with E-state index < -0.39 is 0 Å². The molecule has 0 bridgehead atoms. The van der Waals surface area contributed by atoms with Gasteiger partial charge in [0.2, 0.25) is 0 Å². The summed E-state index contributed by atoms with van der Waals surface area (Å²) in [6.45, 7) is 8.73. The highest BCUT2D eigenvalue weighted by Crippen LogP contribution is 2.53. The molecule has 0 amide bonds. The number of aryl methyl sites for hydroxylation is 4. The smallest absolute Gasteiger partial charge is 0.0829 e. The number of rotatable bonds is 2. The fraction of sp³-hybridized carbons (Fsp3) is 0.0952. The Kier molecular flexibility index (Phi) is 5.49. The predicted molar refractivity (Wildman–Crippen MR) is 216 cm³/mol. The Morgan fingerprint density at radius 1 is 0.354 bits per heavy atom. The van der Waals surface area contributed by atoms with Gasteiger partial charge < -0.3 is 9.13 Å². The molecule has 0 fully saturated rings. The molecule has 0 unspecified atom stereocenters. The summed E-state index contributed by atoms with van der Waals surface area (Å²) in [6, 6.07) is 36.9. The van der Waals surface area contributed by atoms with Crippen molar-refractivity contribution in [2.75, 3.05) is 0 Å². The summed E-state index contributed by atoms with van der Waals surface area (Å²) < 4.78 is 16.1. The molecule has 0 saturated carbocycles. The molecule has 11 aromatic rings. The van der Waals surface area contributed by atoms with Crippen LogP contribution in [-0.4, -0.2) is 9.13 Å². The van der Waals surface area contributed by atoms with Crippen LogP contribution in [0.15, 0.2) is 97.1 Å². The van der Waals surface area contributed by atoms with Crippen molar-refractivity contribution in [2.24, 2.45) is 0 Å². The normalized spacial score (nSPS) is 12.6. The quantitative estimate of drug-likeness (QED) is 0.171. The highest BCUT2D eigenvalue weighted by molar-refractivity contribution is 7.37. The molecule has 0 aliphatic heterocycles. The van der Waals surface area contributed by atoms with Gasteiger partial charge >= 0.3 is 0 Å². The van der Waals surface area contributed by atoms with E-state index in [1.54, 1.807) is 0 Å². The lowest BCUT2D eigenvalue weighted by molar-refractivity contribution is 1.18. The van der Waals surface area contributed by atoms with Crippen LogP contribution in [0.3, 0.4) is 0 Å². The van der Waals surface area contributed by atoms with Crippen LogP contribution in [0.2, 0.25) is 0 Å². The topological polar surface area (TPSA) is 9.86 Å². The SMILES string of the molecule is Cc1ccc(-n2c3cc(C)ccc3c3sc4c5cc6sc7c8sc9cc(C)ccc9c8n(-c8ccc(C)cc8)c7c6cc5sc4c32)cc1. The van der Waals surface area contributed by atoms with E-state index in [9.17, 15) is 0 Å². The van der Waals surface area contributed by atoms with Crippen molar-refractivity contribution < 1.29 is 0 Å². The van der Waals surface area contributed by atoms with Crippen molar-refractivity contribution in [1.29, 1.82) is 0 Å². The van der Waals surface area contributed by atoms with E-state index in [1.807, 2.05) is 45.3 Å². The summed E-state index contributed by atoms with van der Waals surface area (Å²) in [4.78, 5) is 0. The lowest BCUT2D eigenvalue weighted by atomic mass is 10.1. The van der Waals surface area contributed by atoms with Gasteiger partial charge in [0.05, 0.1) is 45.6 Å². The summed E-state index contributed by atoms with van der Waals surface area (Å²) in [5.74, 6) is 0. The van der Waals surface area contributed by atoms with Gasteiger partial charge in [-0.05, 0) is 87.4 Å². The lowest BCUT2D eigenvalue weighted by Gasteiger charge is -2.08. The van der Waals surface area contributed by atoms with E-state index in [4.69, 9.17) is 0 Å². The third kappa shape index (κ3) is 3.61. The van der Waals surface area contributed by atoms with Gasteiger partial charge in [-0.3, -0.25) is 0 Å². The zero-order valence-corrected chi connectivity index (χ0v) is 30.0. The number of benzene rings is 5. The zero-order chi connectivity index (χ0) is 32.0. The number of nitrogens with zero attached hydrogens (tertiary/aromatic N) is 2. The minimum absolute atomic E-state index is 1.23. The van der Waals surface area contributed by atoms with Gasteiger partial charge in [0.25, 0.3) is 0 Å². The molecule has 5 aromatic carbocycles. The maximum Gasteiger partial charge on any atom is 0.0829 e. The Hall–Kier alpha value is -4.46. The molecule has 0 aliphatic rings. The number of aromatic nitrogens is 2.